The first kappa shape index (κ1) is 9.56. The molecule has 2 heterocycles. The number of rotatable bonds is 4. The monoisotopic (exact) mass is 195 g/mol. The maximum absolute atomic E-state index is 11.2. The van der Waals surface area contributed by atoms with Crippen LogP contribution in [-0.4, -0.2) is 23.6 Å². The summed E-state index contributed by atoms with van der Waals surface area (Å²) in [6.45, 7) is 2.79. The minimum Gasteiger partial charge on any atom is -0.449 e. The van der Waals surface area contributed by atoms with Crippen molar-refractivity contribution in [3.05, 3.63) is 11.8 Å². The van der Waals surface area contributed by atoms with Crippen LogP contribution >= 0.6 is 0 Å². The van der Waals surface area contributed by atoms with Crippen molar-refractivity contribution in [3.63, 3.8) is 0 Å². The van der Waals surface area contributed by atoms with Crippen molar-refractivity contribution in [1.29, 1.82) is 0 Å². The van der Waals surface area contributed by atoms with Crippen LogP contribution in [0.1, 0.15) is 39.0 Å². The molecule has 2 fully saturated rings. The fourth-order valence-electron chi connectivity index (χ4n) is 1.97. The summed E-state index contributed by atoms with van der Waals surface area (Å²) < 4.78 is 4.94. The van der Waals surface area contributed by atoms with Crippen molar-refractivity contribution in [2.24, 2.45) is 0 Å². The average molecular weight is 195 g/mol. The topological polar surface area (TPSA) is 29.3 Å². The second kappa shape index (κ2) is 4.03. The Kier molecular flexibility index (Phi) is 2.75. The Morgan fingerprint density at radius 2 is 2.43 bits per heavy atom. The zero-order valence-electron chi connectivity index (χ0n) is 8.66. The number of nitrogens with zero attached hydrogens (tertiary/aromatic N) is 1. The second-order valence-corrected chi connectivity index (χ2v) is 3.91. The largest absolute Gasteiger partial charge is 0.449 e. The number of allylic oxidation sites excluding steroid dienone is 1. The summed E-state index contributed by atoms with van der Waals surface area (Å²) in [7, 11) is 0. The van der Waals surface area contributed by atoms with Gasteiger partial charge in [-0.1, -0.05) is 25.8 Å². The minimum absolute atomic E-state index is 0.150. The molecule has 0 spiro atoms. The number of hydrogen-bond acceptors (Lipinski definition) is 2. The van der Waals surface area contributed by atoms with Crippen LogP contribution in [0.5, 0.6) is 0 Å². The minimum atomic E-state index is -0.150. The summed E-state index contributed by atoms with van der Waals surface area (Å²) in [6, 6.07) is 0.387. The Morgan fingerprint density at radius 3 is 3.14 bits per heavy atom. The van der Waals surface area contributed by atoms with E-state index in [9.17, 15) is 4.79 Å². The van der Waals surface area contributed by atoms with E-state index in [1.807, 2.05) is 0 Å². The molecule has 1 amide bonds. The Bertz CT molecular complexity index is 260. The van der Waals surface area contributed by atoms with Gasteiger partial charge in [0.2, 0.25) is 0 Å². The molecule has 2 rings (SSSR count). The predicted molar refractivity (Wildman–Crippen MR) is 53.8 cm³/mol. The van der Waals surface area contributed by atoms with Crippen LogP contribution in [0.4, 0.5) is 4.79 Å². The van der Waals surface area contributed by atoms with Crippen molar-refractivity contribution in [2.75, 3.05) is 6.61 Å². The van der Waals surface area contributed by atoms with Gasteiger partial charge in [0.15, 0.2) is 0 Å². The van der Waals surface area contributed by atoms with E-state index < -0.39 is 0 Å². The van der Waals surface area contributed by atoms with E-state index in [1.165, 1.54) is 25.0 Å². The predicted octanol–water partition coefficient (Wildman–Crippen LogP) is 2.68. The molecule has 1 atom stereocenters. The molecule has 3 heteroatoms. The van der Waals surface area contributed by atoms with Gasteiger partial charge in [-0.15, -0.1) is 0 Å². The summed E-state index contributed by atoms with van der Waals surface area (Å²) in [6.07, 6.45) is 7.89. The maximum Gasteiger partial charge on any atom is 0.414 e. The van der Waals surface area contributed by atoms with Gasteiger partial charge in [0, 0.05) is 12.1 Å². The van der Waals surface area contributed by atoms with E-state index in [2.05, 4.69) is 13.0 Å². The van der Waals surface area contributed by atoms with Gasteiger partial charge in [-0.3, -0.25) is 4.90 Å². The lowest BCUT2D eigenvalue weighted by atomic mass is 10.2. The van der Waals surface area contributed by atoms with Crippen LogP contribution in [0.25, 0.3) is 0 Å². The van der Waals surface area contributed by atoms with E-state index in [4.69, 9.17) is 4.74 Å². The smallest absolute Gasteiger partial charge is 0.414 e. The Balaban J connectivity index is 1.80. The molecular weight excluding hydrogens is 178 g/mol. The highest BCUT2D eigenvalue weighted by atomic mass is 16.6. The summed E-state index contributed by atoms with van der Waals surface area (Å²) in [5, 5.41) is 0. The molecule has 78 valence electrons. The highest BCUT2D eigenvalue weighted by Crippen LogP contribution is 2.39. The SMILES string of the molecule is CCCCC/C=C1\[C@H]2CCOC(=O)N12. The van der Waals surface area contributed by atoms with Crippen molar-refractivity contribution >= 4 is 6.09 Å². The highest BCUT2D eigenvalue weighted by molar-refractivity contribution is 5.77. The van der Waals surface area contributed by atoms with E-state index in [0.717, 1.165) is 12.8 Å². The van der Waals surface area contributed by atoms with E-state index in [1.54, 1.807) is 4.90 Å². The van der Waals surface area contributed by atoms with Crippen molar-refractivity contribution in [3.8, 4) is 0 Å². The molecule has 0 aromatic carbocycles. The molecule has 0 bridgehead atoms. The number of cyclic esters (lactones) is 1. The lowest BCUT2D eigenvalue weighted by Gasteiger charge is -2.09. The molecule has 0 unspecified atom stereocenters. The van der Waals surface area contributed by atoms with Crippen LogP contribution in [0, 0.1) is 0 Å². The molecule has 3 nitrogen and oxygen atoms in total. The Labute approximate surface area is 84.7 Å². The number of fused-ring (bicyclic) bond motifs is 1. The number of unbranched alkanes of at least 4 members (excludes halogenated alkanes) is 3. The van der Waals surface area contributed by atoms with Gasteiger partial charge in [-0.05, 0) is 12.8 Å². The fourth-order valence-corrected chi connectivity index (χ4v) is 1.97. The summed E-state index contributed by atoms with van der Waals surface area (Å²) in [5.41, 5.74) is 1.20. The average Bonchev–Trinajstić information content (AvgIpc) is 2.88. The normalized spacial score (nSPS) is 27.5. The number of carbonyl (C=O) groups excluding carboxylic acids is 1. The lowest BCUT2D eigenvalue weighted by Crippen LogP contribution is -2.22. The summed E-state index contributed by atoms with van der Waals surface area (Å²) in [5.74, 6) is 0. The number of carbonyl (C=O) groups is 1. The van der Waals surface area contributed by atoms with Crippen molar-refractivity contribution in [2.45, 2.75) is 45.1 Å². The molecule has 0 aromatic heterocycles. The zero-order valence-corrected chi connectivity index (χ0v) is 8.66. The first-order valence-corrected chi connectivity index (χ1v) is 5.50. The molecule has 0 N–H and O–H groups in total. The van der Waals surface area contributed by atoms with Gasteiger partial charge in [-0.25, -0.2) is 4.79 Å². The number of hydrogen-bond donors (Lipinski definition) is 0. The number of amides is 1. The van der Waals surface area contributed by atoms with Gasteiger partial charge in [0.25, 0.3) is 0 Å². The third kappa shape index (κ3) is 1.76. The first-order chi connectivity index (χ1) is 6.84. The molecule has 2 saturated heterocycles. The molecule has 2 aliphatic rings. The van der Waals surface area contributed by atoms with Crippen LogP contribution in [0.2, 0.25) is 0 Å². The standard InChI is InChI=1S/C11H17NO2/c1-2-3-4-5-6-9-10-7-8-14-11(13)12(9)10/h6,10H,2-5,7-8H2,1H3/b9-6+/t10-,12?/m1/s1. The van der Waals surface area contributed by atoms with Crippen LogP contribution in [0.15, 0.2) is 11.8 Å². The third-order valence-corrected chi connectivity index (χ3v) is 2.84. The number of ether oxygens (including phenoxy) is 1. The second-order valence-electron chi connectivity index (χ2n) is 3.91. The third-order valence-electron chi connectivity index (χ3n) is 2.84. The van der Waals surface area contributed by atoms with E-state index >= 15 is 0 Å². The molecule has 0 aromatic rings. The molecular formula is C11H17NO2. The van der Waals surface area contributed by atoms with E-state index in [0.29, 0.717) is 12.6 Å². The van der Waals surface area contributed by atoms with Crippen molar-refractivity contribution in [1.82, 2.24) is 4.90 Å². The molecule has 0 saturated carbocycles. The maximum atomic E-state index is 11.2. The first-order valence-electron chi connectivity index (χ1n) is 5.50. The van der Waals surface area contributed by atoms with Crippen LogP contribution in [-0.2, 0) is 4.74 Å². The quantitative estimate of drug-likeness (QED) is 0.510. The Hall–Kier alpha value is -0.990. The fraction of sp³-hybridized carbons (Fsp3) is 0.727. The highest BCUT2D eigenvalue weighted by Gasteiger charge is 2.48. The van der Waals surface area contributed by atoms with E-state index in [-0.39, 0.29) is 6.09 Å². The van der Waals surface area contributed by atoms with Gasteiger partial charge < -0.3 is 4.74 Å². The molecule has 0 radical (unpaired) electrons. The summed E-state index contributed by atoms with van der Waals surface area (Å²) >= 11 is 0. The molecule has 14 heavy (non-hydrogen) atoms. The molecule has 2 aliphatic heterocycles. The van der Waals surface area contributed by atoms with Gasteiger partial charge in [0.1, 0.15) is 0 Å². The van der Waals surface area contributed by atoms with Gasteiger partial charge in [-0.2, -0.15) is 0 Å². The van der Waals surface area contributed by atoms with Gasteiger partial charge >= 0.3 is 6.09 Å². The zero-order chi connectivity index (χ0) is 9.97. The van der Waals surface area contributed by atoms with Crippen LogP contribution in [0.3, 0.4) is 0 Å². The Morgan fingerprint density at radius 1 is 1.57 bits per heavy atom. The summed E-state index contributed by atoms with van der Waals surface area (Å²) in [4.78, 5) is 13.0. The lowest BCUT2D eigenvalue weighted by molar-refractivity contribution is 0.111. The van der Waals surface area contributed by atoms with Crippen LogP contribution < -0.4 is 0 Å². The van der Waals surface area contributed by atoms with Crippen molar-refractivity contribution < 1.29 is 9.53 Å². The molecule has 0 aliphatic carbocycles. The van der Waals surface area contributed by atoms with Gasteiger partial charge in [0.05, 0.1) is 12.6 Å².